The fourth-order valence-electron chi connectivity index (χ4n) is 0.785. The lowest BCUT2D eigenvalue weighted by molar-refractivity contribution is 0.627. The second-order valence-electron chi connectivity index (χ2n) is 2.68. The van der Waals surface area contributed by atoms with Crippen molar-refractivity contribution in [2.75, 3.05) is 0 Å². The van der Waals surface area contributed by atoms with Gasteiger partial charge in [0.1, 0.15) is 5.82 Å². The Bertz CT molecular complexity index is 363. The van der Waals surface area contributed by atoms with Gasteiger partial charge in [-0.2, -0.15) is 0 Å². The van der Waals surface area contributed by atoms with E-state index in [1.165, 1.54) is 18.2 Å². The summed E-state index contributed by atoms with van der Waals surface area (Å²) >= 11 is 5.77. The smallest absolute Gasteiger partial charge is 0.124 e. The van der Waals surface area contributed by atoms with E-state index in [4.69, 9.17) is 17.3 Å². The molecule has 3 heteroatoms. The maximum atomic E-state index is 12.7. The molecule has 1 aromatic carbocycles. The molecule has 0 aliphatic carbocycles. The van der Waals surface area contributed by atoms with Crippen molar-refractivity contribution in [3.8, 4) is 11.8 Å². The molecule has 0 amide bonds. The van der Waals surface area contributed by atoms with Crippen molar-refractivity contribution in [1.82, 2.24) is 0 Å². The topological polar surface area (TPSA) is 26.0 Å². The highest BCUT2D eigenvalue weighted by Crippen LogP contribution is 2.15. The van der Waals surface area contributed by atoms with Crippen molar-refractivity contribution in [3.05, 3.63) is 34.6 Å². The van der Waals surface area contributed by atoms with Crippen LogP contribution in [0.4, 0.5) is 4.39 Å². The Morgan fingerprint density at radius 3 is 2.85 bits per heavy atom. The van der Waals surface area contributed by atoms with Crippen LogP contribution in [-0.4, -0.2) is 6.04 Å². The lowest BCUT2D eigenvalue weighted by atomic mass is 10.2. The largest absolute Gasteiger partial charge is 0.318 e. The van der Waals surface area contributed by atoms with Gasteiger partial charge in [0.05, 0.1) is 11.1 Å². The molecule has 1 unspecified atom stereocenters. The summed E-state index contributed by atoms with van der Waals surface area (Å²) in [5, 5.41) is 0.439. The van der Waals surface area contributed by atoms with Gasteiger partial charge in [-0.05, 0) is 25.1 Å². The molecule has 0 saturated carbocycles. The molecule has 0 aliphatic rings. The Hall–Kier alpha value is -1.04. The average Bonchev–Trinajstić information content (AvgIpc) is 2.06. The van der Waals surface area contributed by atoms with Gasteiger partial charge in [-0.3, -0.25) is 0 Å². The first-order valence-corrected chi connectivity index (χ1v) is 4.19. The van der Waals surface area contributed by atoms with Gasteiger partial charge < -0.3 is 5.73 Å². The highest BCUT2D eigenvalue weighted by atomic mass is 35.5. The van der Waals surface area contributed by atoms with E-state index in [1.807, 2.05) is 0 Å². The Morgan fingerprint density at radius 1 is 1.54 bits per heavy atom. The maximum Gasteiger partial charge on any atom is 0.124 e. The molecule has 0 heterocycles. The molecule has 68 valence electrons. The van der Waals surface area contributed by atoms with Crippen LogP contribution in [0.5, 0.6) is 0 Å². The highest BCUT2D eigenvalue weighted by molar-refractivity contribution is 6.31. The molecule has 0 spiro atoms. The number of benzene rings is 1. The third-order valence-corrected chi connectivity index (χ3v) is 1.69. The predicted molar refractivity (Wildman–Crippen MR) is 51.9 cm³/mol. The van der Waals surface area contributed by atoms with Crippen LogP contribution in [-0.2, 0) is 0 Å². The molecule has 0 aliphatic heterocycles. The summed E-state index contributed by atoms with van der Waals surface area (Å²) in [6.45, 7) is 1.75. The Morgan fingerprint density at radius 2 is 2.23 bits per heavy atom. The zero-order valence-electron chi connectivity index (χ0n) is 7.14. The summed E-state index contributed by atoms with van der Waals surface area (Å²) in [5.41, 5.74) is 5.89. The molecule has 0 bridgehead atoms. The maximum absolute atomic E-state index is 12.7. The van der Waals surface area contributed by atoms with E-state index >= 15 is 0 Å². The van der Waals surface area contributed by atoms with Gasteiger partial charge in [-0.25, -0.2) is 4.39 Å². The Labute approximate surface area is 81.7 Å². The quantitative estimate of drug-likeness (QED) is 0.634. The number of nitrogens with two attached hydrogens (primary N) is 1. The van der Waals surface area contributed by atoms with Crippen molar-refractivity contribution >= 4 is 11.6 Å². The summed E-state index contributed by atoms with van der Waals surface area (Å²) in [5.74, 6) is 5.06. The van der Waals surface area contributed by atoms with Gasteiger partial charge in [0.25, 0.3) is 0 Å². The van der Waals surface area contributed by atoms with Crippen molar-refractivity contribution in [2.45, 2.75) is 13.0 Å². The SMILES string of the molecule is CC(N)C#Cc1cc(F)ccc1Cl. The van der Waals surface area contributed by atoms with E-state index in [1.54, 1.807) is 6.92 Å². The standard InChI is InChI=1S/C10H9ClFN/c1-7(13)2-3-8-6-9(12)4-5-10(8)11/h4-7H,13H2,1H3. The van der Waals surface area contributed by atoms with Gasteiger partial charge in [-0.15, -0.1) is 0 Å². The third kappa shape index (κ3) is 3.06. The molecule has 0 aromatic heterocycles. The van der Waals surface area contributed by atoms with Crippen molar-refractivity contribution in [1.29, 1.82) is 0 Å². The Balaban J connectivity index is 3.02. The fourth-order valence-corrected chi connectivity index (χ4v) is 0.950. The van der Waals surface area contributed by atoms with Crippen molar-refractivity contribution in [2.24, 2.45) is 5.73 Å². The number of halogens is 2. The molecule has 1 nitrogen and oxygen atoms in total. The Kier molecular flexibility index (Phi) is 3.30. The van der Waals surface area contributed by atoms with Gasteiger partial charge in [0.15, 0.2) is 0 Å². The van der Waals surface area contributed by atoms with Crippen LogP contribution in [0, 0.1) is 17.7 Å². The van der Waals surface area contributed by atoms with Crippen molar-refractivity contribution in [3.63, 3.8) is 0 Å². The first kappa shape index (κ1) is 10.0. The second kappa shape index (κ2) is 4.27. The molecule has 0 saturated heterocycles. The van der Waals surface area contributed by atoms with Crippen LogP contribution in [0.2, 0.25) is 5.02 Å². The summed E-state index contributed by atoms with van der Waals surface area (Å²) in [7, 11) is 0. The summed E-state index contributed by atoms with van der Waals surface area (Å²) in [4.78, 5) is 0. The first-order valence-electron chi connectivity index (χ1n) is 3.82. The third-order valence-electron chi connectivity index (χ3n) is 1.36. The van der Waals surface area contributed by atoms with Gasteiger partial charge >= 0.3 is 0 Å². The summed E-state index contributed by atoms with van der Waals surface area (Å²) in [6.07, 6.45) is 0. The van der Waals surface area contributed by atoms with Crippen LogP contribution in [0.15, 0.2) is 18.2 Å². The van der Waals surface area contributed by atoms with Crippen LogP contribution >= 0.6 is 11.6 Å². The van der Waals surface area contributed by atoms with Gasteiger partial charge in [0.2, 0.25) is 0 Å². The summed E-state index contributed by atoms with van der Waals surface area (Å²) < 4.78 is 12.7. The number of hydrogen-bond acceptors (Lipinski definition) is 1. The van der Waals surface area contributed by atoms with E-state index in [0.717, 1.165) is 0 Å². The molecular formula is C10H9ClFN. The molecule has 1 atom stereocenters. The molecule has 1 rings (SSSR count). The predicted octanol–water partition coefficient (Wildman–Crippen LogP) is 2.18. The molecule has 13 heavy (non-hydrogen) atoms. The molecule has 2 N–H and O–H groups in total. The fraction of sp³-hybridized carbons (Fsp3) is 0.200. The molecular weight excluding hydrogens is 189 g/mol. The van der Waals surface area contributed by atoms with Crippen LogP contribution in [0.3, 0.4) is 0 Å². The number of hydrogen-bond donors (Lipinski definition) is 1. The van der Waals surface area contributed by atoms with E-state index < -0.39 is 0 Å². The van der Waals surface area contributed by atoms with Gasteiger partial charge in [-0.1, -0.05) is 23.4 Å². The van der Waals surface area contributed by atoms with E-state index in [2.05, 4.69) is 11.8 Å². The summed E-state index contributed by atoms with van der Waals surface area (Å²) in [6, 6.07) is 3.82. The molecule has 0 radical (unpaired) electrons. The van der Waals surface area contributed by atoms with E-state index in [0.29, 0.717) is 10.6 Å². The highest BCUT2D eigenvalue weighted by Gasteiger charge is 1.98. The minimum absolute atomic E-state index is 0.237. The minimum atomic E-state index is -0.349. The van der Waals surface area contributed by atoms with E-state index in [-0.39, 0.29) is 11.9 Å². The molecule has 0 fully saturated rings. The monoisotopic (exact) mass is 197 g/mol. The van der Waals surface area contributed by atoms with Crippen LogP contribution in [0.25, 0.3) is 0 Å². The number of rotatable bonds is 0. The second-order valence-corrected chi connectivity index (χ2v) is 3.09. The lowest BCUT2D eigenvalue weighted by Crippen LogP contribution is -2.10. The van der Waals surface area contributed by atoms with Crippen molar-refractivity contribution < 1.29 is 4.39 Å². The molecule has 1 aromatic rings. The average molecular weight is 198 g/mol. The first-order chi connectivity index (χ1) is 6.09. The lowest BCUT2D eigenvalue weighted by Gasteiger charge is -1.95. The van der Waals surface area contributed by atoms with Gasteiger partial charge in [0, 0.05) is 5.56 Å². The van der Waals surface area contributed by atoms with E-state index in [9.17, 15) is 4.39 Å². The van der Waals surface area contributed by atoms with Crippen LogP contribution in [0.1, 0.15) is 12.5 Å². The normalized spacial score (nSPS) is 11.7. The van der Waals surface area contributed by atoms with Crippen LogP contribution < -0.4 is 5.73 Å². The minimum Gasteiger partial charge on any atom is -0.318 e. The zero-order chi connectivity index (χ0) is 9.84. The zero-order valence-corrected chi connectivity index (χ0v) is 7.90.